The van der Waals surface area contributed by atoms with Crippen molar-refractivity contribution in [3.8, 4) is 0 Å². The highest BCUT2D eigenvalue weighted by Gasteiger charge is 2.30. The number of benzene rings is 1. The standard InChI is InChI=1S/C15H22ClNO3S/c1-2-10-20-14-4-3-9-17(12-14)21(18,19)15-7-5-13(11-16)6-8-15/h5-8,14H,2-4,9-12H2,1H3. The predicted molar refractivity (Wildman–Crippen MR) is 84.0 cm³/mol. The predicted octanol–water partition coefficient (Wildman–Crippen LogP) is 3.01. The van der Waals surface area contributed by atoms with Gasteiger partial charge in [-0.1, -0.05) is 19.1 Å². The molecular weight excluding hydrogens is 310 g/mol. The van der Waals surface area contributed by atoms with E-state index in [0.717, 1.165) is 24.8 Å². The van der Waals surface area contributed by atoms with Crippen LogP contribution in [0.25, 0.3) is 0 Å². The largest absolute Gasteiger partial charge is 0.377 e. The molecule has 1 aromatic carbocycles. The molecule has 6 heteroatoms. The van der Waals surface area contributed by atoms with Gasteiger partial charge in [-0.15, -0.1) is 11.6 Å². The smallest absolute Gasteiger partial charge is 0.243 e. The van der Waals surface area contributed by atoms with E-state index in [1.807, 2.05) is 0 Å². The van der Waals surface area contributed by atoms with Crippen LogP contribution >= 0.6 is 11.6 Å². The Morgan fingerprint density at radius 2 is 2.05 bits per heavy atom. The fraction of sp³-hybridized carbons (Fsp3) is 0.600. The topological polar surface area (TPSA) is 46.6 Å². The fourth-order valence-electron chi connectivity index (χ4n) is 2.44. The molecule has 0 aliphatic carbocycles. The molecule has 1 aromatic rings. The van der Waals surface area contributed by atoms with Gasteiger partial charge in [-0.2, -0.15) is 4.31 Å². The van der Waals surface area contributed by atoms with Gasteiger partial charge in [0.05, 0.1) is 11.0 Å². The lowest BCUT2D eigenvalue weighted by atomic mass is 10.1. The number of ether oxygens (including phenoxy) is 1. The van der Waals surface area contributed by atoms with Crippen LogP contribution in [0.2, 0.25) is 0 Å². The Kier molecular flexibility index (Phi) is 6.05. The summed E-state index contributed by atoms with van der Waals surface area (Å²) in [6, 6.07) is 6.77. The molecular formula is C15H22ClNO3S. The third-order valence-corrected chi connectivity index (χ3v) is 5.80. The van der Waals surface area contributed by atoms with Crippen molar-refractivity contribution in [3.63, 3.8) is 0 Å². The van der Waals surface area contributed by atoms with Crippen LogP contribution in [0.3, 0.4) is 0 Å². The van der Waals surface area contributed by atoms with Crippen molar-refractivity contribution < 1.29 is 13.2 Å². The molecule has 1 unspecified atom stereocenters. The summed E-state index contributed by atoms with van der Waals surface area (Å²) < 4.78 is 32.5. The van der Waals surface area contributed by atoms with Crippen LogP contribution in [0.5, 0.6) is 0 Å². The minimum Gasteiger partial charge on any atom is -0.377 e. The fourth-order valence-corrected chi connectivity index (χ4v) is 4.13. The van der Waals surface area contributed by atoms with Crippen LogP contribution in [0, 0.1) is 0 Å². The van der Waals surface area contributed by atoms with Crippen LogP contribution in [0.1, 0.15) is 31.7 Å². The molecule has 0 bridgehead atoms. The molecule has 118 valence electrons. The first-order valence-electron chi connectivity index (χ1n) is 7.34. The highest BCUT2D eigenvalue weighted by Crippen LogP contribution is 2.22. The Labute approximate surface area is 132 Å². The summed E-state index contributed by atoms with van der Waals surface area (Å²) in [5.74, 6) is 0.386. The first kappa shape index (κ1) is 16.7. The van der Waals surface area contributed by atoms with Crippen LogP contribution < -0.4 is 0 Å². The van der Waals surface area contributed by atoms with E-state index in [1.165, 1.54) is 4.31 Å². The third kappa shape index (κ3) is 4.19. The quantitative estimate of drug-likeness (QED) is 0.753. The number of piperidine rings is 1. The average molecular weight is 332 g/mol. The summed E-state index contributed by atoms with van der Waals surface area (Å²) in [5, 5.41) is 0. The zero-order valence-corrected chi connectivity index (χ0v) is 13.9. The van der Waals surface area contributed by atoms with Gasteiger partial charge in [-0.25, -0.2) is 8.42 Å². The van der Waals surface area contributed by atoms with Crippen LogP contribution in [0.15, 0.2) is 29.2 Å². The summed E-state index contributed by atoms with van der Waals surface area (Å²) >= 11 is 5.73. The second-order valence-electron chi connectivity index (χ2n) is 5.28. The van der Waals surface area contributed by atoms with Crippen molar-refractivity contribution in [2.75, 3.05) is 19.7 Å². The Morgan fingerprint density at radius 3 is 2.67 bits per heavy atom. The molecule has 1 heterocycles. The molecule has 0 amide bonds. The van der Waals surface area contributed by atoms with Gasteiger partial charge in [0.2, 0.25) is 10.0 Å². The lowest BCUT2D eigenvalue weighted by Crippen LogP contribution is -2.43. The van der Waals surface area contributed by atoms with Gasteiger partial charge in [-0.3, -0.25) is 0 Å². The summed E-state index contributed by atoms with van der Waals surface area (Å²) in [7, 11) is -3.43. The first-order chi connectivity index (χ1) is 10.1. The Morgan fingerprint density at radius 1 is 1.33 bits per heavy atom. The molecule has 1 aliphatic rings. The zero-order chi connectivity index (χ0) is 15.3. The van der Waals surface area contributed by atoms with Crippen molar-refractivity contribution in [1.29, 1.82) is 0 Å². The minimum absolute atomic E-state index is 0.00981. The highest BCUT2D eigenvalue weighted by atomic mass is 35.5. The number of nitrogens with zero attached hydrogens (tertiary/aromatic N) is 1. The lowest BCUT2D eigenvalue weighted by Gasteiger charge is -2.31. The third-order valence-electron chi connectivity index (χ3n) is 3.61. The second-order valence-corrected chi connectivity index (χ2v) is 7.48. The Hall–Kier alpha value is -0.620. The van der Waals surface area contributed by atoms with Crippen molar-refractivity contribution >= 4 is 21.6 Å². The maximum absolute atomic E-state index is 12.6. The average Bonchev–Trinajstić information content (AvgIpc) is 2.53. The van der Waals surface area contributed by atoms with Gasteiger partial charge in [0.15, 0.2) is 0 Å². The van der Waals surface area contributed by atoms with Gasteiger partial charge in [-0.05, 0) is 37.0 Å². The zero-order valence-electron chi connectivity index (χ0n) is 12.3. The molecule has 1 fully saturated rings. The number of sulfonamides is 1. The van der Waals surface area contributed by atoms with Crippen molar-refractivity contribution in [2.24, 2.45) is 0 Å². The first-order valence-corrected chi connectivity index (χ1v) is 9.32. The number of hydrogen-bond donors (Lipinski definition) is 0. The molecule has 1 aliphatic heterocycles. The van der Waals surface area contributed by atoms with Gasteiger partial charge >= 0.3 is 0 Å². The molecule has 0 spiro atoms. The Bertz CT molecular complexity index is 545. The lowest BCUT2D eigenvalue weighted by molar-refractivity contribution is 0.0193. The maximum Gasteiger partial charge on any atom is 0.243 e. The van der Waals surface area contributed by atoms with E-state index in [9.17, 15) is 8.42 Å². The van der Waals surface area contributed by atoms with Crippen LogP contribution in [0.4, 0.5) is 0 Å². The van der Waals surface area contributed by atoms with E-state index in [2.05, 4.69) is 6.92 Å². The van der Waals surface area contributed by atoms with Crippen molar-refractivity contribution in [3.05, 3.63) is 29.8 Å². The van der Waals surface area contributed by atoms with Crippen molar-refractivity contribution in [1.82, 2.24) is 4.31 Å². The molecule has 0 radical (unpaired) electrons. The minimum atomic E-state index is -3.43. The Balaban J connectivity index is 2.10. The van der Waals surface area contributed by atoms with Gasteiger partial charge in [0.1, 0.15) is 0 Å². The normalized spacial score (nSPS) is 20.6. The number of hydrogen-bond acceptors (Lipinski definition) is 3. The maximum atomic E-state index is 12.6. The van der Waals surface area contributed by atoms with E-state index in [4.69, 9.17) is 16.3 Å². The number of alkyl halides is 1. The summed E-state index contributed by atoms with van der Waals surface area (Å²) in [6.07, 6.45) is 2.73. The summed E-state index contributed by atoms with van der Waals surface area (Å²) in [4.78, 5) is 0.326. The molecule has 2 rings (SSSR count). The monoisotopic (exact) mass is 331 g/mol. The molecule has 0 aromatic heterocycles. The van der Waals surface area contributed by atoms with E-state index in [-0.39, 0.29) is 6.10 Å². The molecule has 0 N–H and O–H groups in total. The van der Waals surface area contributed by atoms with Crippen molar-refractivity contribution in [2.45, 2.75) is 43.1 Å². The molecule has 21 heavy (non-hydrogen) atoms. The van der Waals surface area contributed by atoms with E-state index < -0.39 is 10.0 Å². The van der Waals surface area contributed by atoms with Gasteiger partial charge < -0.3 is 4.74 Å². The SMILES string of the molecule is CCCOC1CCCN(S(=O)(=O)c2ccc(CCl)cc2)C1. The van der Waals surface area contributed by atoms with Gasteiger partial charge in [0.25, 0.3) is 0 Å². The molecule has 1 atom stereocenters. The van der Waals surface area contributed by atoms with Crippen LogP contribution in [-0.2, 0) is 20.6 Å². The van der Waals surface area contributed by atoms with E-state index >= 15 is 0 Å². The number of halogens is 1. The molecule has 1 saturated heterocycles. The molecule has 4 nitrogen and oxygen atoms in total. The number of rotatable bonds is 6. The highest BCUT2D eigenvalue weighted by molar-refractivity contribution is 7.89. The van der Waals surface area contributed by atoms with E-state index in [1.54, 1.807) is 24.3 Å². The van der Waals surface area contributed by atoms with Gasteiger partial charge in [0, 0.05) is 25.6 Å². The summed E-state index contributed by atoms with van der Waals surface area (Å²) in [5.41, 5.74) is 0.915. The molecule has 0 saturated carbocycles. The van der Waals surface area contributed by atoms with E-state index in [0.29, 0.717) is 30.5 Å². The second kappa shape index (κ2) is 7.58. The summed E-state index contributed by atoms with van der Waals surface area (Å²) in [6.45, 7) is 3.74. The van der Waals surface area contributed by atoms with Crippen LogP contribution in [-0.4, -0.2) is 38.5 Å².